The number of carbonyl (C=O) groups excluding carboxylic acids is 1. The van der Waals surface area contributed by atoms with Crippen LogP contribution in [0, 0.1) is 0 Å². The lowest BCUT2D eigenvalue weighted by Crippen LogP contribution is -2.50. The van der Waals surface area contributed by atoms with Crippen molar-refractivity contribution in [1.82, 2.24) is 15.0 Å². The van der Waals surface area contributed by atoms with Crippen LogP contribution in [0.3, 0.4) is 0 Å². The molecule has 1 fully saturated rings. The third-order valence-electron chi connectivity index (χ3n) is 5.48. The topological polar surface area (TPSA) is 88.2 Å². The summed E-state index contributed by atoms with van der Waals surface area (Å²) in [5, 5.41) is 3.76. The van der Waals surface area contributed by atoms with Gasteiger partial charge >= 0.3 is 0 Å². The van der Waals surface area contributed by atoms with Gasteiger partial charge in [0.05, 0.1) is 5.52 Å². The van der Waals surface area contributed by atoms with Crippen LogP contribution in [0.25, 0.3) is 10.9 Å². The summed E-state index contributed by atoms with van der Waals surface area (Å²) in [4.78, 5) is 17.3. The van der Waals surface area contributed by atoms with Gasteiger partial charge in [0.15, 0.2) is 0 Å². The maximum absolute atomic E-state index is 13.3. The van der Waals surface area contributed by atoms with Crippen molar-refractivity contribution in [3.63, 3.8) is 0 Å². The molecule has 2 N–H and O–H groups in total. The molecule has 1 atom stereocenters. The molecule has 6 nitrogen and oxygen atoms in total. The Kier molecular flexibility index (Phi) is 6.11. The summed E-state index contributed by atoms with van der Waals surface area (Å²) in [5.41, 5.74) is 1.28. The van der Waals surface area contributed by atoms with Crippen molar-refractivity contribution in [2.75, 3.05) is 0 Å². The van der Waals surface area contributed by atoms with Crippen molar-refractivity contribution in [2.45, 2.75) is 49.1 Å². The van der Waals surface area contributed by atoms with Gasteiger partial charge in [0, 0.05) is 17.6 Å². The van der Waals surface area contributed by atoms with Crippen LogP contribution in [0.15, 0.2) is 71.8 Å². The summed E-state index contributed by atoms with van der Waals surface area (Å²) in [6, 6.07) is 17.2. The van der Waals surface area contributed by atoms with E-state index < -0.39 is 16.1 Å². The molecule has 0 aliphatic heterocycles. The lowest BCUT2D eigenvalue weighted by molar-refractivity contribution is -0.123. The van der Waals surface area contributed by atoms with E-state index in [1.165, 1.54) is 6.07 Å². The molecule has 30 heavy (non-hydrogen) atoms. The number of amides is 1. The summed E-state index contributed by atoms with van der Waals surface area (Å²) >= 11 is 0. The van der Waals surface area contributed by atoms with E-state index in [0.717, 1.165) is 36.6 Å². The van der Waals surface area contributed by atoms with Gasteiger partial charge in [-0.1, -0.05) is 61.4 Å². The van der Waals surface area contributed by atoms with Crippen molar-refractivity contribution in [3.8, 4) is 0 Å². The van der Waals surface area contributed by atoms with E-state index >= 15 is 0 Å². The average Bonchev–Trinajstić information content (AvgIpc) is 3.26. The number of rotatable bonds is 7. The molecule has 0 bridgehead atoms. The van der Waals surface area contributed by atoms with E-state index in [1.54, 1.807) is 18.3 Å². The molecular formula is C23H25N3O3S. The Labute approximate surface area is 176 Å². The standard InChI is InChI=1S/C23H25N3O3S/c27-23(25-19-12-4-5-13-19)20(16-17-8-2-1-3-9-17)26-30(28,29)21-14-6-10-18-11-7-15-24-22(18)21/h1-3,6-11,14-15,19-20,26H,4-5,12-13,16H2,(H,25,27)/t20-/m1/s1. The van der Waals surface area contributed by atoms with E-state index in [1.807, 2.05) is 42.5 Å². The fourth-order valence-electron chi connectivity index (χ4n) is 3.95. The highest BCUT2D eigenvalue weighted by Gasteiger charge is 2.29. The number of pyridine rings is 1. The number of sulfonamides is 1. The molecule has 1 aliphatic rings. The van der Waals surface area contributed by atoms with Gasteiger partial charge in [-0.05, 0) is 37.0 Å². The number of hydrogen-bond donors (Lipinski definition) is 2. The van der Waals surface area contributed by atoms with Crippen LogP contribution in [-0.2, 0) is 21.2 Å². The molecule has 0 radical (unpaired) electrons. The molecule has 0 spiro atoms. The van der Waals surface area contributed by atoms with E-state index in [4.69, 9.17) is 0 Å². The second-order valence-electron chi connectivity index (χ2n) is 7.68. The summed E-state index contributed by atoms with van der Waals surface area (Å²) in [6.45, 7) is 0. The number of benzene rings is 2. The van der Waals surface area contributed by atoms with Crippen LogP contribution in [0.4, 0.5) is 0 Å². The number of hydrogen-bond acceptors (Lipinski definition) is 4. The molecular weight excluding hydrogens is 398 g/mol. The summed E-state index contributed by atoms with van der Waals surface area (Å²) in [7, 11) is -3.96. The third-order valence-corrected chi connectivity index (χ3v) is 6.99. The van der Waals surface area contributed by atoms with Crippen molar-refractivity contribution < 1.29 is 13.2 Å². The molecule has 156 valence electrons. The van der Waals surface area contributed by atoms with Crippen molar-refractivity contribution in [1.29, 1.82) is 0 Å². The molecule has 7 heteroatoms. The molecule has 0 saturated heterocycles. The first kappa shape index (κ1) is 20.5. The first-order chi connectivity index (χ1) is 14.5. The Morgan fingerprint density at radius 2 is 1.73 bits per heavy atom. The molecule has 2 aromatic carbocycles. The largest absolute Gasteiger partial charge is 0.352 e. The fourth-order valence-corrected chi connectivity index (χ4v) is 5.33. The van der Waals surface area contributed by atoms with Gasteiger partial charge in [0.25, 0.3) is 0 Å². The molecule has 1 heterocycles. The Hall–Kier alpha value is -2.77. The van der Waals surface area contributed by atoms with Gasteiger partial charge < -0.3 is 5.32 Å². The second-order valence-corrected chi connectivity index (χ2v) is 9.37. The quantitative estimate of drug-likeness (QED) is 0.611. The SMILES string of the molecule is O=C(NC1CCCC1)[C@@H](Cc1ccccc1)NS(=O)(=O)c1cccc2cccnc12. The Morgan fingerprint density at radius 1 is 1.00 bits per heavy atom. The van der Waals surface area contributed by atoms with Crippen LogP contribution in [0.5, 0.6) is 0 Å². The Balaban J connectivity index is 1.63. The zero-order valence-electron chi connectivity index (χ0n) is 16.6. The molecule has 1 aromatic heterocycles. The predicted octanol–water partition coefficient (Wildman–Crippen LogP) is 3.18. The lowest BCUT2D eigenvalue weighted by atomic mass is 10.1. The van der Waals surface area contributed by atoms with Gasteiger partial charge in [-0.2, -0.15) is 4.72 Å². The van der Waals surface area contributed by atoms with E-state index in [0.29, 0.717) is 5.52 Å². The zero-order chi connectivity index (χ0) is 21.0. The number of carbonyl (C=O) groups is 1. The van der Waals surface area contributed by atoms with Gasteiger partial charge in [-0.25, -0.2) is 8.42 Å². The van der Waals surface area contributed by atoms with E-state index in [-0.39, 0.29) is 23.3 Å². The highest BCUT2D eigenvalue weighted by atomic mass is 32.2. The highest BCUT2D eigenvalue weighted by molar-refractivity contribution is 7.89. The van der Waals surface area contributed by atoms with E-state index in [9.17, 15) is 13.2 Å². The average molecular weight is 424 g/mol. The van der Waals surface area contributed by atoms with Crippen LogP contribution in [0.1, 0.15) is 31.2 Å². The maximum Gasteiger partial charge on any atom is 0.243 e. The third kappa shape index (κ3) is 4.68. The minimum absolute atomic E-state index is 0.0762. The smallest absolute Gasteiger partial charge is 0.243 e. The number of fused-ring (bicyclic) bond motifs is 1. The van der Waals surface area contributed by atoms with Gasteiger partial charge in [0.1, 0.15) is 10.9 Å². The summed E-state index contributed by atoms with van der Waals surface area (Å²) < 4.78 is 29.2. The van der Waals surface area contributed by atoms with Gasteiger partial charge in [-0.3, -0.25) is 9.78 Å². The number of nitrogens with zero attached hydrogens (tertiary/aromatic N) is 1. The van der Waals surface area contributed by atoms with Crippen LogP contribution in [-0.4, -0.2) is 31.4 Å². The van der Waals surface area contributed by atoms with Crippen molar-refractivity contribution >= 4 is 26.8 Å². The number of para-hydroxylation sites is 1. The molecule has 4 rings (SSSR count). The first-order valence-electron chi connectivity index (χ1n) is 10.2. The van der Waals surface area contributed by atoms with Gasteiger partial charge in [0.2, 0.25) is 15.9 Å². The zero-order valence-corrected chi connectivity index (χ0v) is 17.4. The van der Waals surface area contributed by atoms with Crippen LogP contribution in [0.2, 0.25) is 0 Å². The number of nitrogens with one attached hydrogen (secondary N) is 2. The summed E-state index contributed by atoms with van der Waals surface area (Å²) in [6.07, 6.45) is 5.88. The van der Waals surface area contributed by atoms with Crippen molar-refractivity contribution in [3.05, 3.63) is 72.4 Å². The lowest BCUT2D eigenvalue weighted by Gasteiger charge is -2.21. The Bertz CT molecular complexity index is 1120. The van der Waals surface area contributed by atoms with Crippen LogP contribution < -0.4 is 10.0 Å². The Morgan fingerprint density at radius 3 is 2.50 bits per heavy atom. The predicted molar refractivity (Wildman–Crippen MR) is 116 cm³/mol. The molecule has 3 aromatic rings. The fraction of sp³-hybridized carbons (Fsp3) is 0.304. The first-order valence-corrected chi connectivity index (χ1v) is 11.7. The normalized spacial score (nSPS) is 15.9. The van der Waals surface area contributed by atoms with E-state index in [2.05, 4.69) is 15.0 Å². The van der Waals surface area contributed by atoms with Gasteiger partial charge in [-0.15, -0.1) is 0 Å². The molecule has 1 aliphatic carbocycles. The second kappa shape index (κ2) is 8.93. The minimum atomic E-state index is -3.96. The monoisotopic (exact) mass is 423 g/mol. The molecule has 1 saturated carbocycles. The highest BCUT2D eigenvalue weighted by Crippen LogP contribution is 2.22. The van der Waals surface area contributed by atoms with Crippen LogP contribution >= 0.6 is 0 Å². The molecule has 0 unspecified atom stereocenters. The summed E-state index contributed by atoms with van der Waals surface area (Å²) in [5.74, 6) is -0.289. The maximum atomic E-state index is 13.3. The number of aromatic nitrogens is 1. The minimum Gasteiger partial charge on any atom is -0.352 e. The molecule has 1 amide bonds. The van der Waals surface area contributed by atoms with Crippen molar-refractivity contribution in [2.24, 2.45) is 0 Å².